The molecule has 0 atom stereocenters. The summed E-state index contributed by atoms with van der Waals surface area (Å²) in [5.74, 6) is 0. The molecule has 128 valence electrons. The summed E-state index contributed by atoms with van der Waals surface area (Å²) in [6, 6.07) is 16.1. The van der Waals surface area contributed by atoms with Crippen LogP contribution in [0.4, 0.5) is 5.69 Å². The number of non-ortho nitro benzene ring substituents is 1. The van der Waals surface area contributed by atoms with Gasteiger partial charge in [0.2, 0.25) is 0 Å². The molecule has 26 heavy (non-hydrogen) atoms. The van der Waals surface area contributed by atoms with Crippen molar-refractivity contribution in [2.24, 2.45) is 0 Å². The van der Waals surface area contributed by atoms with Crippen molar-refractivity contribution in [3.8, 4) is 17.3 Å². The minimum Gasteiger partial charge on any atom is -0.258 e. The summed E-state index contributed by atoms with van der Waals surface area (Å²) in [6.07, 6.45) is 1.62. The topological polar surface area (TPSA) is 79.8 Å². The zero-order valence-electron chi connectivity index (χ0n) is 13.6. The predicted octanol–water partition coefficient (Wildman–Crippen LogP) is 5.85. The van der Waals surface area contributed by atoms with Crippen LogP contribution in [-0.4, -0.2) is 9.91 Å². The van der Waals surface area contributed by atoms with Gasteiger partial charge in [0, 0.05) is 27.0 Å². The van der Waals surface area contributed by atoms with Gasteiger partial charge >= 0.3 is 0 Å². The Morgan fingerprint density at radius 3 is 2.69 bits per heavy atom. The number of aryl methyl sites for hydroxylation is 1. The molecule has 0 aliphatic heterocycles. The largest absolute Gasteiger partial charge is 0.270 e. The van der Waals surface area contributed by atoms with E-state index in [0.29, 0.717) is 16.1 Å². The highest BCUT2D eigenvalue weighted by Crippen LogP contribution is 2.32. The maximum Gasteiger partial charge on any atom is 0.270 e. The molecule has 0 unspecified atom stereocenters. The molecular formula is C19H12BrN3O2S. The molecule has 0 bridgehead atoms. The van der Waals surface area contributed by atoms with Gasteiger partial charge in [-0.1, -0.05) is 40.2 Å². The molecule has 0 saturated carbocycles. The maximum atomic E-state index is 10.9. The Bertz CT molecular complexity index is 1050. The third-order valence-corrected chi connectivity index (χ3v) is 5.19. The van der Waals surface area contributed by atoms with Gasteiger partial charge in [-0.05, 0) is 30.7 Å². The second kappa shape index (κ2) is 7.60. The fraction of sp³-hybridized carbons (Fsp3) is 0.0526. The van der Waals surface area contributed by atoms with E-state index in [2.05, 4.69) is 27.0 Å². The Hall–Kier alpha value is -2.82. The fourth-order valence-electron chi connectivity index (χ4n) is 2.42. The predicted molar refractivity (Wildman–Crippen MR) is 107 cm³/mol. The van der Waals surface area contributed by atoms with Gasteiger partial charge in [0.1, 0.15) is 11.1 Å². The molecule has 0 aliphatic carbocycles. The molecule has 0 fully saturated rings. The summed E-state index contributed by atoms with van der Waals surface area (Å²) < 4.78 is 0.984. The Morgan fingerprint density at radius 1 is 1.31 bits per heavy atom. The Labute approximate surface area is 162 Å². The Morgan fingerprint density at radius 2 is 2.04 bits per heavy atom. The van der Waals surface area contributed by atoms with Crippen LogP contribution in [0.5, 0.6) is 0 Å². The first-order chi connectivity index (χ1) is 12.5. The maximum absolute atomic E-state index is 10.9. The van der Waals surface area contributed by atoms with Crippen LogP contribution < -0.4 is 0 Å². The standard InChI is InChI=1S/C19H12BrN3O2S/c1-12-18(14-5-7-16(20)8-6-14)22-19(26-12)15(11-21)9-13-3-2-4-17(10-13)23(24)25/h2-10H,1H3. The molecule has 1 aromatic heterocycles. The SMILES string of the molecule is Cc1sc(C(C#N)=Cc2cccc([N+](=O)[O-])c2)nc1-c1ccc(Br)cc1. The lowest BCUT2D eigenvalue weighted by molar-refractivity contribution is -0.384. The van der Waals surface area contributed by atoms with E-state index in [1.807, 2.05) is 31.2 Å². The number of benzene rings is 2. The number of thiazole rings is 1. The van der Waals surface area contributed by atoms with Gasteiger partial charge in [-0.3, -0.25) is 10.1 Å². The molecule has 3 aromatic rings. The quantitative estimate of drug-likeness (QED) is 0.298. The van der Waals surface area contributed by atoms with Gasteiger partial charge in [-0.15, -0.1) is 11.3 Å². The molecule has 5 nitrogen and oxygen atoms in total. The molecule has 3 rings (SSSR count). The molecule has 0 saturated heterocycles. The van der Waals surface area contributed by atoms with E-state index in [-0.39, 0.29) is 5.69 Å². The smallest absolute Gasteiger partial charge is 0.258 e. The molecule has 7 heteroatoms. The number of rotatable bonds is 4. The average molecular weight is 426 g/mol. The van der Waals surface area contributed by atoms with Gasteiger partial charge in [0.05, 0.1) is 16.2 Å². The van der Waals surface area contributed by atoms with Crippen LogP contribution in [0.1, 0.15) is 15.4 Å². The average Bonchev–Trinajstić information content (AvgIpc) is 3.02. The highest BCUT2D eigenvalue weighted by atomic mass is 79.9. The summed E-state index contributed by atoms with van der Waals surface area (Å²) in [6.45, 7) is 1.96. The lowest BCUT2D eigenvalue weighted by atomic mass is 10.1. The van der Waals surface area contributed by atoms with E-state index in [1.165, 1.54) is 23.5 Å². The highest BCUT2D eigenvalue weighted by Gasteiger charge is 2.14. The zero-order chi connectivity index (χ0) is 18.7. The normalized spacial score (nSPS) is 11.2. The molecule has 0 aliphatic rings. The first-order valence-corrected chi connectivity index (χ1v) is 9.19. The molecule has 2 aromatic carbocycles. The van der Waals surface area contributed by atoms with Gasteiger partial charge in [0.15, 0.2) is 0 Å². The lowest BCUT2D eigenvalue weighted by Gasteiger charge is -1.98. The van der Waals surface area contributed by atoms with Crippen molar-refractivity contribution in [2.75, 3.05) is 0 Å². The first-order valence-electron chi connectivity index (χ1n) is 7.58. The van der Waals surface area contributed by atoms with Gasteiger partial charge in [0.25, 0.3) is 5.69 Å². The van der Waals surface area contributed by atoms with Crippen molar-refractivity contribution in [3.05, 3.63) is 78.6 Å². The third kappa shape index (κ3) is 3.87. The van der Waals surface area contributed by atoms with E-state index >= 15 is 0 Å². The molecule has 0 radical (unpaired) electrons. The van der Waals surface area contributed by atoms with Crippen LogP contribution in [0.3, 0.4) is 0 Å². The van der Waals surface area contributed by atoms with Gasteiger partial charge in [-0.2, -0.15) is 5.26 Å². The summed E-state index contributed by atoms with van der Waals surface area (Å²) in [4.78, 5) is 16.1. The summed E-state index contributed by atoms with van der Waals surface area (Å²) in [5, 5.41) is 21.0. The number of aromatic nitrogens is 1. The van der Waals surface area contributed by atoms with Crippen LogP contribution in [0.15, 0.2) is 53.0 Å². The first kappa shape index (κ1) is 18.0. The van der Waals surface area contributed by atoms with Crippen molar-refractivity contribution >= 4 is 44.6 Å². The Balaban J connectivity index is 2.00. The molecule has 0 N–H and O–H groups in total. The van der Waals surface area contributed by atoms with Crippen LogP contribution >= 0.6 is 27.3 Å². The molecule has 0 amide bonds. The van der Waals surface area contributed by atoms with Crippen LogP contribution in [-0.2, 0) is 0 Å². The highest BCUT2D eigenvalue weighted by molar-refractivity contribution is 9.10. The number of nitro groups is 1. The van der Waals surface area contributed by atoms with Crippen molar-refractivity contribution < 1.29 is 4.92 Å². The van der Waals surface area contributed by atoms with Crippen molar-refractivity contribution in [3.63, 3.8) is 0 Å². The number of nitrogens with zero attached hydrogens (tertiary/aromatic N) is 3. The Kier molecular flexibility index (Phi) is 5.26. The molecule has 0 spiro atoms. The minimum absolute atomic E-state index is 0.0121. The number of nitriles is 1. The van der Waals surface area contributed by atoms with E-state index in [4.69, 9.17) is 0 Å². The zero-order valence-corrected chi connectivity index (χ0v) is 16.0. The van der Waals surface area contributed by atoms with Crippen LogP contribution in [0, 0.1) is 28.4 Å². The second-order valence-electron chi connectivity index (χ2n) is 5.45. The summed E-state index contributed by atoms with van der Waals surface area (Å²) in [7, 11) is 0. The van der Waals surface area contributed by atoms with E-state index < -0.39 is 4.92 Å². The second-order valence-corrected chi connectivity index (χ2v) is 7.57. The fourth-order valence-corrected chi connectivity index (χ4v) is 3.59. The lowest BCUT2D eigenvalue weighted by Crippen LogP contribution is -1.88. The van der Waals surface area contributed by atoms with Crippen molar-refractivity contribution in [1.29, 1.82) is 5.26 Å². The summed E-state index contributed by atoms with van der Waals surface area (Å²) >= 11 is 4.84. The molecule has 1 heterocycles. The summed E-state index contributed by atoms with van der Waals surface area (Å²) in [5.41, 5.74) is 2.76. The van der Waals surface area contributed by atoms with Crippen LogP contribution in [0.25, 0.3) is 22.9 Å². The van der Waals surface area contributed by atoms with Crippen molar-refractivity contribution in [1.82, 2.24) is 4.98 Å². The number of allylic oxidation sites excluding steroid dienone is 1. The minimum atomic E-state index is -0.456. The number of halogens is 1. The number of nitro benzene ring substituents is 1. The van der Waals surface area contributed by atoms with Crippen LogP contribution in [0.2, 0.25) is 0 Å². The van der Waals surface area contributed by atoms with E-state index in [0.717, 1.165) is 20.6 Å². The third-order valence-electron chi connectivity index (χ3n) is 3.66. The van der Waals surface area contributed by atoms with Crippen molar-refractivity contribution in [2.45, 2.75) is 6.92 Å². The van der Waals surface area contributed by atoms with Gasteiger partial charge < -0.3 is 0 Å². The number of hydrogen-bond acceptors (Lipinski definition) is 5. The van der Waals surface area contributed by atoms with Gasteiger partial charge in [-0.25, -0.2) is 4.98 Å². The van der Waals surface area contributed by atoms with E-state index in [1.54, 1.807) is 18.2 Å². The van der Waals surface area contributed by atoms with E-state index in [9.17, 15) is 15.4 Å². The molecular weight excluding hydrogens is 414 g/mol. The number of hydrogen-bond donors (Lipinski definition) is 0. The monoisotopic (exact) mass is 425 g/mol.